The van der Waals surface area contributed by atoms with Crippen LogP contribution in [0.4, 0.5) is 5.82 Å². The molecule has 0 spiro atoms. The van der Waals surface area contributed by atoms with E-state index < -0.39 is 0 Å². The van der Waals surface area contributed by atoms with Crippen molar-refractivity contribution in [2.45, 2.75) is 13.0 Å². The molecule has 0 fully saturated rings. The van der Waals surface area contributed by atoms with Gasteiger partial charge < -0.3 is 14.8 Å². The summed E-state index contributed by atoms with van der Waals surface area (Å²) in [6.07, 6.45) is 1.55. The maximum absolute atomic E-state index is 5.38. The van der Waals surface area contributed by atoms with Gasteiger partial charge in [0.25, 0.3) is 0 Å². The topological polar surface area (TPSA) is 56.3 Å². The third-order valence-electron chi connectivity index (χ3n) is 3.79. The molecule has 118 valence electrons. The molecular weight excluding hydrogens is 290 g/mol. The number of methoxy groups -OCH3 is 2. The van der Waals surface area contributed by atoms with Crippen molar-refractivity contribution in [1.29, 1.82) is 0 Å². The van der Waals surface area contributed by atoms with Crippen LogP contribution in [0.2, 0.25) is 0 Å². The Labute approximate surface area is 135 Å². The number of rotatable bonds is 5. The van der Waals surface area contributed by atoms with Gasteiger partial charge in [-0.15, -0.1) is 0 Å². The van der Waals surface area contributed by atoms with E-state index in [-0.39, 0.29) is 6.04 Å². The van der Waals surface area contributed by atoms with E-state index in [0.717, 1.165) is 16.7 Å². The van der Waals surface area contributed by atoms with Gasteiger partial charge in [0.15, 0.2) is 11.5 Å². The minimum Gasteiger partial charge on any atom is -0.493 e. The molecular formula is C18H19N3O2. The van der Waals surface area contributed by atoms with Crippen LogP contribution in [-0.4, -0.2) is 24.2 Å². The number of hydrogen-bond donors (Lipinski definition) is 1. The average Bonchev–Trinajstić information content (AvgIpc) is 2.61. The third kappa shape index (κ3) is 3.04. The smallest absolute Gasteiger partial charge is 0.162 e. The Morgan fingerprint density at radius 3 is 2.35 bits per heavy atom. The molecule has 5 nitrogen and oxygen atoms in total. The zero-order valence-electron chi connectivity index (χ0n) is 13.4. The zero-order valence-corrected chi connectivity index (χ0v) is 13.4. The van der Waals surface area contributed by atoms with Crippen molar-refractivity contribution >= 4 is 16.7 Å². The van der Waals surface area contributed by atoms with Crippen molar-refractivity contribution in [2.75, 3.05) is 19.5 Å². The fraction of sp³-hybridized carbons (Fsp3) is 0.222. The molecule has 0 bridgehead atoms. The van der Waals surface area contributed by atoms with Crippen LogP contribution in [0.5, 0.6) is 11.5 Å². The molecule has 1 aromatic heterocycles. The van der Waals surface area contributed by atoms with Gasteiger partial charge in [-0.1, -0.05) is 30.3 Å². The predicted octanol–water partition coefficient (Wildman–Crippen LogP) is 3.82. The number of nitrogens with zero attached hydrogens (tertiary/aromatic N) is 2. The fourth-order valence-corrected chi connectivity index (χ4v) is 2.53. The first-order valence-corrected chi connectivity index (χ1v) is 7.41. The van der Waals surface area contributed by atoms with Crippen LogP contribution in [0.1, 0.15) is 18.5 Å². The Morgan fingerprint density at radius 1 is 0.957 bits per heavy atom. The first-order valence-electron chi connectivity index (χ1n) is 7.41. The Kier molecular flexibility index (Phi) is 4.28. The lowest BCUT2D eigenvalue weighted by atomic mass is 10.1. The Morgan fingerprint density at radius 2 is 1.65 bits per heavy atom. The van der Waals surface area contributed by atoms with Crippen molar-refractivity contribution < 1.29 is 9.47 Å². The molecule has 1 N–H and O–H groups in total. The van der Waals surface area contributed by atoms with Crippen molar-refractivity contribution in [1.82, 2.24) is 9.97 Å². The third-order valence-corrected chi connectivity index (χ3v) is 3.79. The Balaban J connectivity index is 2.00. The summed E-state index contributed by atoms with van der Waals surface area (Å²) in [4.78, 5) is 8.70. The second kappa shape index (κ2) is 6.52. The first-order chi connectivity index (χ1) is 11.2. The molecule has 1 atom stereocenters. The lowest BCUT2D eigenvalue weighted by Gasteiger charge is -2.17. The van der Waals surface area contributed by atoms with E-state index in [1.165, 1.54) is 5.56 Å². The Hall–Kier alpha value is -2.82. The summed E-state index contributed by atoms with van der Waals surface area (Å²) in [7, 11) is 3.23. The molecule has 0 saturated heterocycles. The fourth-order valence-electron chi connectivity index (χ4n) is 2.53. The summed E-state index contributed by atoms with van der Waals surface area (Å²) in [6.45, 7) is 2.10. The number of aromatic nitrogens is 2. The number of benzene rings is 2. The van der Waals surface area contributed by atoms with Gasteiger partial charge in [0, 0.05) is 17.5 Å². The van der Waals surface area contributed by atoms with E-state index in [9.17, 15) is 0 Å². The van der Waals surface area contributed by atoms with Gasteiger partial charge in [0.1, 0.15) is 12.1 Å². The second-order valence-corrected chi connectivity index (χ2v) is 5.22. The Bertz CT molecular complexity index is 806. The summed E-state index contributed by atoms with van der Waals surface area (Å²) in [5.74, 6) is 2.08. The van der Waals surface area contributed by atoms with E-state index in [2.05, 4.69) is 34.3 Å². The van der Waals surface area contributed by atoms with Crippen molar-refractivity contribution in [3.63, 3.8) is 0 Å². The molecule has 0 saturated carbocycles. The largest absolute Gasteiger partial charge is 0.493 e. The van der Waals surface area contributed by atoms with Crippen LogP contribution in [0.25, 0.3) is 10.9 Å². The van der Waals surface area contributed by atoms with E-state index >= 15 is 0 Å². The van der Waals surface area contributed by atoms with Crippen LogP contribution in [0.15, 0.2) is 48.8 Å². The van der Waals surface area contributed by atoms with Crippen molar-refractivity contribution in [2.24, 2.45) is 0 Å². The van der Waals surface area contributed by atoms with Gasteiger partial charge in [-0.2, -0.15) is 0 Å². The van der Waals surface area contributed by atoms with Gasteiger partial charge >= 0.3 is 0 Å². The van der Waals surface area contributed by atoms with Crippen LogP contribution >= 0.6 is 0 Å². The minimum absolute atomic E-state index is 0.127. The van der Waals surface area contributed by atoms with Crippen molar-refractivity contribution in [3.05, 3.63) is 54.4 Å². The molecule has 0 radical (unpaired) electrons. The molecule has 3 rings (SSSR count). The lowest BCUT2D eigenvalue weighted by molar-refractivity contribution is 0.356. The number of ether oxygens (including phenoxy) is 2. The molecule has 5 heteroatoms. The molecule has 1 heterocycles. The summed E-state index contributed by atoms with van der Waals surface area (Å²) >= 11 is 0. The van der Waals surface area contributed by atoms with Gasteiger partial charge in [-0.05, 0) is 18.6 Å². The summed E-state index contributed by atoms with van der Waals surface area (Å²) in [6, 6.07) is 14.1. The zero-order chi connectivity index (χ0) is 16.2. The maximum atomic E-state index is 5.38. The highest BCUT2D eigenvalue weighted by Gasteiger charge is 2.13. The maximum Gasteiger partial charge on any atom is 0.162 e. The quantitative estimate of drug-likeness (QED) is 0.776. The number of anilines is 1. The van der Waals surface area contributed by atoms with E-state index in [4.69, 9.17) is 9.47 Å². The van der Waals surface area contributed by atoms with Crippen LogP contribution in [0.3, 0.4) is 0 Å². The van der Waals surface area contributed by atoms with Crippen LogP contribution in [0, 0.1) is 0 Å². The molecule has 23 heavy (non-hydrogen) atoms. The molecule has 0 aliphatic carbocycles. The van der Waals surface area contributed by atoms with Gasteiger partial charge in [0.2, 0.25) is 0 Å². The normalized spacial score (nSPS) is 12.0. The number of hydrogen-bond acceptors (Lipinski definition) is 5. The standard InChI is InChI=1S/C18H19N3O2/c1-12(13-7-5-4-6-8-13)21-18-14-9-16(22-2)17(23-3)10-15(14)19-11-20-18/h4-12H,1-3H3,(H,19,20,21)/t12-/m0/s1. The van der Waals surface area contributed by atoms with Gasteiger partial charge in [0.05, 0.1) is 19.7 Å². The molecule has 0 aliphatic heterocycles. The molecule has 0 amide bonds. The average molecular weight is 309 g/mol. The van der Waals surface area contributed by atoms with Gasteiger partial charge in [-0.3, -0.25) is 0 Å². The van der Waals surface area contributed by atoms with E-state index in [1.807, 2.05) is 30.3 Å². The molecule has 2 aromatic carbocycles. The van der Waals surface area contributed by atoms with E-state index in [1.54, 1.807) is 20.5 Å². The lowest BCUT2D eigenvalue weighted by Crippen LogP contribution is -2.08. The highest BCUT2D eigenvalue weighted by Crippen LogP contribution is 2.34. The predicted molar refractivity (Wildman–Crippen MR) is 91.1 cm³/mol. The minimum atomic E-state index is 0.127. The second-order valence-electron chi connectivity index (χ2n) is 5.22. The van der Waals surface area contributed by atoms with Crippen LogP contribution < -0.4 is 14.8 Å². The van der Waals surface area contributed by atoms with Crippen molar-refractivity contribution in [3.8, 4) is 11.5 Å². The van der Waals surface area contributed by atoms with E-state index in [0.29, 0.717) is 11.5 Å². The number of fused-ring (bicyclic) bond motifs is 1. The molecule has 0 unspecified atom stereocenters. The monoisotopic (exact) mass is 309 g/mol. The summed E-state index contributed by atoms with van der Waals surface area (Å²) in [5.41, 5.74) is 2.00. The highest BCUT2D eigenvalue weighted by molar-refractivity contribution is 5.91. The molecule has 0 aliphatic rings. The summed E-state index contributed by atoms with van der Waals surface area (Å²) < 4.78 is 10.7. The SMILES string of the molecule is COc1cc2ncnc(N[C@@H](C)c3ccccc3)c2cc1OC. The van der Waals surface area contributed by atoms with Gasteiger partial charge in [-0.25, -0.2) is 9.97 Å². The highest BCUT2D eigenvalue weighted by atomic mass is 16.5. The molecule has 3 aromatic rings. The number of nitrogens with one attached hydrogen (secondary N) is 1. The first kappa shape index (κ1) is 15.1. The van der Waals surface area contributed by atoms with Crippen LogP contribution in [-0.2, 0) is 0 Å². The summed E-state index contributed by atoms with van der Waals surface area (Å²) in [5, 5.41) is 4.34.